The molecule has 0 saturated carbocycles. The fourth-order valence-corrected chi connectivity index (χ4v) is 3.03. The van der Waals surface area contributed by atoms with Crippen LogP contribution in [0.5, 0.6) is 0 Å². The van der Waals surface area contributed by atoms with E-state index in [-0.39, 0.29) is 0 Å². The Hall–Kier alpha value is -2.12. The van der Waals surface area contributed by atoms with Crippen LogP contribution in [0.25, 0.3) is 10.8 Å². The molecular weight excluding hydrogens is 278 g/mol. The summed E-state index contributed by atoms with van der Waals surface area (Å²) >= 11 is 0. The molecule has 0 saturated heterocycles. The van der Waals surface area contributed by atoms with E-state index in [9.17, 15) is 0 Å². The van der Waals surface area contributed by atoms with Crippen LogP contribution in [0.3, 0.4) is 0 Å². The summed E-state index contributed by atoms with van der Waals surface area (Å²) in [6, 6.07) is 24.4. The lowest BCUT2D eigenvalue weighted by Gasteiger charge is -2.17. The lowest BCUT2D eigenvalue weighted by atomic mass is 9.99. The van der Waals surface area contributed by atoms with E-state index in [1.807, 2.05) is 0 Å². The van der Waals surface area contributed by atoms with Gasteiger partial charge in [-0.05, 0) is 40.3 Å². The first-order chi connectivity index (χ1) is 11.1. The highest BCUT2D eigenvalue weighted by atomic mass is 14.9. The molecule has 1 nitrogen and oxygen atoms in total. The zero-order chi connectivity index (χ0) is 16.2. The molecule has 3 aromatic rings. The van der Waals surface area contributed by atoms with Gasteiger partial charge in [-0.2, -0.15) is 0 Å². The van der Waals surface area contributed by atoms with Crippen molar-refractivity contribution in [2.45, 2.75) is 39.3 Å². The lowest BCUT2D eigenvalue weighted by molar-refractivity contribution is 0.578. The van der Waals surface area contributed by atoms with Crippen molar-refractivity contribution in [3.8, 4) is 0 Å². The van der Waals surface area contributed by atoms with Gasteiger partial charge in [-0.3, -0.25) is 0 Å². The molecular formula is C22H25N. The number of hydrogen-bond donors (Lipinski definition) is 1. The van der Waals surface area contributed by atoms with Gasteiger partial charge in [0, 0.05) is 12.6 Å². The molecule has 0 unspecified atom stereocenters. The average molecular weight is 303 g/mol. The largest absolute Gasteiger partial charge is 0.306 e. The molecule has 3 rings (SSSR count). The van der Waals surface area contributed by atoms with Gasteiger partial charge in [0.2, 0.25) is 0 Å². The third-order valence-corrected chi connectivity index (χ3v) is 4.55. The van der Waals surface area contributed by atoms with E-state index in [1.54, 1.807) is 0 Å². The van der Waals surface area contributed by atoms with Crippen molar-refractivity contribution in [3.05, 3.63) is 83.4 Å². The Balaban J connectivity index is 1.72. The zero-order valence-corrected chi connectivity index (χ0v) is 14.2. The number of benzene rings is 3. The first kappa shape index (κ1) is 15.8. The summed E-state index contributed by atoms with van der Waals surface area (Å²) < 4.78 is 0. The van der Waals surface area contributed by atoms with Gasteiger partial charge < -0.3 is 5.32 Å². The third-order valence-electron chi connectivity index (χ3n) is 4.55. The molecule has 0 fully saturated rings. The zero-order valence-electron chi connectivity index (χ0n) is 14.2. The highest BCUT2D eigenvalue weighted by Gasteiger charge is 2.08. The maximum Gasteiger partial charge on any atom is 0.0301 e. The highest BCUT2D eigenvalue weighted by molar-refractivity contribution is 5.86. The van der Waals surface area contributed by atoms with Crippen LogP contribution in [-0.4, -0.2) is 0 Å². The molecule has 0 amide bonds. The Bertz CT molecular complexity index is 766. The maximum absolute atomic E-state index is 3.66. The number of nitrogens with one attached hydrogen (secondary N) is 1. The van der Waals surface area contributed by atoms with Crippen molar-refractivity contribution in [3.63, 3.8) is 0 Å². The quantitative estimate of drug-likeness (QED) is 0.626. The molecule has 3 aromatic carbocycles. The Morgan fingerprint density at radius 2 is 1.48 bits per heavy atom. The van der Waals surface area contributed by atoms with E-state index in [0.717, 1.165) is 6.54 Å². The molecule has 1 atom stereocenters. The van der Waals surface area contributed by atoms with Crippen molar-refractivity contribution in [1.29, 1.82) is 0 Å². The summed E-state index contributed by atoms with van der Waals surface area (Å²) in [6.45, 7) is 7.60. The molecule has 0 spiro atoms. The van der Waals surface area contributed by atoms with Gasteiger partial charge in [0.05, 0.1) is 0 Å². The number of fused-ring (bicyclic) bond motifs is 1. The third kappa shape index (κ3) is 3.62. The van der Waals surface area contributed by atoms with Crippen LogP contribution in [0.4, 0.5) is 0 Å². The smallest absolute Gasteiger partial charge is 0.0301 e. The van der Waals surface area contributed by atoms with Gasteiger partial charge in [0.25, 0.3) is 0 Å². The summed E-state index contributed by atoms with van der Waals surface area (Å²) in [5.41, 5.74) is 4.10. The Labute approximate surface area is 139 Å². The van der Waals surface area contributed by atoms with Crippen molar-refractivity contribution >= 4 is 10.8 Å². The van der Waals surface area contributed by atoms with E-state index in [4.69, 9.17) is 0 Å². The molecule has 0 aliphatic carbocycles. The first-order valence-corrected chi connectivity index (χ1v) is 8.45. The van der Waals surface area contributed by atoms with Crippen LogP contribution in [0, 0.1) is 0 Å². The number of rotatable bonds is 5. The lowest BCUT2D eigenvalue weighted by Crippen LogP contribution is -2.18. The molecule has 1 N–H and O–H groups in total. The Morgan fingerprint density at radius 3 is 2.22 bits per heavy atom. The minimum atomic E-state index is 0.325. The fraction of sp³-hybridized carbons (Fsp3) is 0.273. The topological polar surface area (TPSA) is 12.0 Å². The standard InChI is InChI=1S/C22H25N/c1-16(2)19-13-11-18(12-14-19)15-23-17(3)21-10-6-8-20-7-4-5-9-22(20)21/h4-14,16-17,23H,15H2,1-3H3/t17-/m1/s1. The predicted octanol–water partition coefficient (Wildman–Crippen LogP) is 5.81. The van der Waals surface area contributed by atoms with Crippen LogP contribution in [0.2, 0.25) is 0 Å². The monoisotopic (exact) mass is 303 g/mol. The Kier molecular flexibility index (Phi) is 4.78. The highest BCUT2D eigenvalue weighted by Crippen LogP contribution is 2.24. The molecule has 1 heteroatoms. The van der Waals surface area contributed by atoms with Gasteiger partial charge in [-0.15, -0.1) is 0 Å². The maximum atomic E-state index is 3.66. The molecule has 0 aromatic heterocycles. The van der Waals surface area contributed by atoms with Gasteiger partial charge >= 0.3 is 0 Å². The van der Waals surface area contributed by atoms with Crippen molar-refractivity contribution in [2.24, 2.45) is 0 Å². The summed E-state index contributed by atoms with van der Waals surface area (Å²) in [5, 5.41) is 6.30. The van der Waals surface area contributed by atoms with Crippen molar-refractivity contribution in [2.75, 3.05) is 0 Å². The van der Waals surface area contributed by atoms with Crippen LogP contribution in [-0.2, 0) is 6.54 Å². The van der Waals surface area contributed by atoms with Crippen LogP contribution < -0.4 is 5.32 Å². The first-order valence-electron chi connectivity index (χ1n) is 8.45. The minimum absolute atomic E-state index is 0.325. The van der Waals surface area contributed by atoms with Gasteiger partial charge in [0.1, 0.15) is 0 Å². The summed E-state index contributed by atoms with van der Waals surface area (Å²) in [4.78, 5) is 0. The molecule has 0 aliphatic rings. The van der Waals surface area contributed by atoms with Crippen LogP contribution in [0.15, 0.2) is 66.7 Å². The van der Waals surface area contributed by atoms with E-state index in [1.165, 1.54) is 27.5 Å². The average Bonchev–Trinajstić information content (AvgIpc) is 2.59. The minimum Gasteiger partial charge on any atom is -0.306 e. The normalized spacial score (nSPS) is 12.7. The molecule has 0 heterocycles. The molecule has 23 heavy (non-hydrogen) atoms. The molecule has 118 valence electrons. The Morgan fingerprint density at radius 1 is 0.783 bits per heavy atom. The van der Waals surface area contributed by atoms with Crippen LogP contribution >= 0.6 is 0 Å². The van der Waals surface area contributed by atoms with Crippen molar-refractivity contribution in [1.82, 2.24) is 5.32 Å². The number of hydrogen-bond acceptors (Lipinski definition) is 1. The SMILES string of the molecule is CC(C)c1ccc(CN[C@H](C)c2cccc3ccccc23)cc1. The van der Waals surface area contributed by atoms with E-state index in [2.05, 4.69) is 92.8 Å². The predicted molar refractivity (Wildman–Crippen MR) is 99.7 cm³/mol. The van der Waals surface area contributed by atoms with Crippen molar-refractivity contribution < 1.29 is 0 Å². The second kappa shape index (κ2) is 6.97. The van der Waals surface area contributed by atoms with Gasteiger partial charge in [-0.1, -0.05) is 80.6 Å². The fourth-order valence-electron chi connectivity index (χ4n) is 3.03. The second-order valence-corrected chi connectivity index (χ2v) is 6.57. The van der Waals surface area contributed by atoms with E-state index < -0.39 is 0 Å². The van der Waals surface area contributed by atoms with E-state index >= 15 is 0 Å². The van der Waals surface area contributed by atoms with Gasteiger partial charge in [0.15, 0.2) is 0 Å². The molecule has 0 aliphatic heterocycles. The second-order valence-electron chi connectivity index (χ2n) is 6.57. The summed E-state index contributed by atoms with van der Waals surface area (Å²) in [7, 11) is 0. The summed E-state index contributed by atoms with van der Waals surface area (Å²) in [5.74, 6) is 0.589. The molecule has 0 bridgehead atoms. The van der Waals surface area contributed by atoms with Crippen LogP contribution in [0.1, 0.15) is 49.4 Å². The van der Waals surface area contributed by atoms with E-state index in [0.29, 0.717) is 12.0 Å². The summed E-state index contributed by atoms with van der Waals surface area (Å²) in [6.07, 6.45) is 0. The molecule has 0 radical (unpaired) electrons. The van der Waals surface area contributed by atoms with Gasteiger partial charge in [-0.25, -0.2) is 0 Å².